The van der Waals surface area contributed by atoms with E-state index < -0.39 is 0 Å². The fourth-order valence-corrected chi connectivity index (χ4v) is 2.32. The lowest BCUT2D eigenvalue weighted by atomic mass is 10.3. The molecule has 0 unspecified atom stereocenters. The van der Waals surface area contributed by atoms with Gasteiger partial charge in [-0.3, -0.25) is 0 Å². The number of nitrogens with zero attached hydrogens (tertiary/aromatic N) is 2. The van der Waals surface area contributed by atoms with Gasteiger partial charge in [0.1, 0.15) is 6.33 Å². The molecule has 1 aromatic heterocycles. The zero-order valence-corrected chi connectivity index (χ0v) is 11.2. The molecule has 1 heterocycles. The Morgan fingerprint density at radius 2 is 2.17 bits per heavy atom. The lowest BCUT2D eigenvalue weighted by Gasteiger charge is -2.13. The van der Waals surface area contributed by atoms with Crippen LogP contribution in [0.15, 0.2) is 6.33 Å². The van der Waals surface area contributed by atoms with Crippen molar-refractivity contribution in [2.24, 2.45) is 0 Å². The first-order valence-corrected chi connectivity index (χ1v) is 6.59. The maximum atomic E-state index is 5.90. The third-order valence-corrected chi connectivity index (χ3v) is 3.28. The number of aromatic nitrogens is 2. The average molecular weight is 272 g/mol. The summed E-state index contributed by atoms with van der Waals surface area (Å²) in [5.41, 5.74) is 0. The van der Waals surface area contributed by atoms with Crippen LogP contribution in [0.3, 0.4) is 0 Å². The molecule has 0 radical (unpaired) electrons. The number of hydrogen-bond donors (Lipinski definition) is 1. The molecule has 1 fully saturated rings. The van der Waals surface area contributed by atoms with Crippen LogP contribution in [0.5, 0.6) is 5.75 Å². The summed E-state index contributed by atoms with van der Waals surface area (Å²) >= 11 is 5.90. The summed E-state index contributed by atoms with van der Waals surface area (Å²) in [4.78, 5) is 7.95. The van der Waals surface area contributed by atoms with E-state index in [0.717, 1.165) is 0 Å². The number of hydrogen-bond acceptors (Lipinski definition) is 5. The molecule has 0 aromatic carbocycles. The summed E-state index contributed by atoms with van der Waals surface area (Å²) in [6.45, 7) is 1.34. The highest BCUT2D eigenvalue weighted by Gasteiger charge is 2.15. The second-order valence-corrected chi connectivity index (χ2v) is 4.61. The minimum atomic E-state index is 0.312. The number of halogens is 1. The van der Waals surface area contributed by atoms with E-state index in [1.807, 2.05) is 0 Å². The molecule has 5 nitrogen and oxygen atoms in total. The molecule has 2 rings (SSSR count). The van der Waals surface area contributed by atoms with Gasteiger partial charge >= 0.3 is 0 Å². The van der Waals surface area contributed by atoms with Gasteiger partial charge in [-0.05, 0) is 12.8 Å². The van der Waals surface area contributed by atoms with Crippen molar-refractivity contribution in [3.63, 3.8) is 0 Å². The predicted octanol–water partition coefficient (Wildman–Crippen LogP) is 2.51. The Morgan fingerprint density at radius 3 is 2.89 bits per heavy atom. The second-order valence-electron chi connectivity index (χ2n) is 4.25. The summed E-state index contributed by atoms with van der Waals surface area (Å²) in [6.07, 6.45) is 6.78. The van der Waals surface area contributed by atoms with Crippen molar-refractivity contribution in [2.75, 3.05) is 25.6 Å². The molecule has 1 aliphatic rings. The van der Waals surface area contributed by atoms with Crippen LogP contribution in [0.4, 0.5) is 5.82 Å². The maximum Gasteiger partial charge on any atom is 0.198 e. The van der Waals surface area contributed by atoms with Crippen LogP contribution >= 0.6 is 11.6 Å². The fraction of sp³-hybridized carbons (Fsp3) is 0.667. The van der Waals surface area contributed by atoms with E-state index in [1.165, 1.54) is 32.0 Å². The number of methoxy groups -OCH3 is 1. The monoisotopic (exact) mass is 271 g/mol. The highest BCUT2D eigenvalue weighted by molar-refractivity contribution is 6.31. The number of ether oxygens (including phenoxy) is 2. The molecule has 1 aromatic rings. The third-order valence-electron chi connectivity index (χ3n) is 3.01. The van der Waals surface area contributed by atoms with Gasteiger partial charge in [0.05, 0.1) is 19.8 Å². The van der Waals surface area contributed by atoms with Crippen LogP contribution in [0, 0.1) is 0 Å². The first-order chi connectivity index (χ1) is 8.81. The van der Waals surface area contributed by atoms with Crippen LogP contribution in [-0.4, -0.2) is 36.3 Å². The van der Waals surface area contributed by atoms with E-state index in [4.69, 9.17) is 21.1 Å². The molecule has 0 atom stereocenters. The van der Waals surface area contributed by atoms with Crippen molar-refractivity contribution in [1.82, 2.24) is 9.97 Å². The third kappa shape index (κ3) is 3.46. The molecule has 1 saturated carbocycles. The standard InChI is InChI=1S/C12H18ClN3O2/c1-17-10-11(13)15-8-16-12(10)14-6-7-18-9-4-2-3-5-9/h8-9H,2-7H2,1H3,(H,14,15,16). The molecule has 1 aliphatic carbocycles. The van der Waals surface area contributed by atoms with E-state index in [9.17, 15) is 0 Å². The van der Waals surface area contributed by atoms with Crippen molar-refractivity contribution < 1.29 is 9.47 Å². The quantitative estimate of drug-likeness (QED) is 0.636. The van der Waals surface area contributed by atoms with E-state index in [0.29, 0.717) is 36.0 Å². The van der Waals surface area contributed by atoms with Crippen molar-refractivity contribution in [2.45, 2.75) is 31.8 Å². The SMILES string of the molecule is COc1c(Cl)ncnc1NCCOC1CCCC1. The van der Waals surface area contributed by atoms with E-state index in [2.05, 4.69) is 15.3 Å². The van der Waals surface area contributed by atoms with E-state index >= 15 is 0 Å². The molecule has 0 saturated heterocycles. The molecule has 0 amide bonds. The van der Waals surface area contributed by atoms with Gasteiger partial charge in [0, 0.05) is 6.54 Å². The lowest BCUT2D eigenvalue weighted by Crippen LogP contribution is -2.16. The Labute approximate surface area is 112 Å². The summed E-state index contributed by atoms with van der Waals surface area (Å²) in [5, 5.41) is 3.46. The van der Waals surface area contributed by atoms with Crippen molar-refractivity contribution >= 4 is 17.4 Å². The summed E-state index contributed by atoms with van der Waals surface area (Å²) in [7, 11) is 1.55. The van der Waals surface area contributed by atoms with Gasteiger partial charge in [0.15, 0.2) is 16.7 Å². The molecule has 0 bridgehead atoms. The van der Waals surface area contributed by atoms with Crippen LogP contribution in [0.25, 0.3) is 0 Å². The van der Waals surface area contributed by atoms with Gasteiger partial charge in [0.25, 0.3) is 0 Å². The Balaban J connectivity index is 1.77. The molecule has 6 heteroatoms. The van der Waals surface area contributed by atoms with E-state index in [-0.39, 0.29) is 0 Å². The van der Waals surface area contributed by atoms with Crippen molar-refractivity contribution in [3.8, 4) is 5.75 Å². The molecular weight excluding hydrogens is 254 g/mol. The first-order valence-electron chi connectivity index (χ1n) is 6.21. The molecular formula is C12H18ClN3O2. The molecule has 0 spiro atoms. The van der Waals surface area contributed by atoms with Crippen LogP contribution in [0.2, 0.25) is 5.15 Å². The predicted molar refractivity (Wildman–Crippen MR) is 70.3 cm³/mol. The highest BCUT2D eigenvalue weighted by Crippen LogP contribution is 2.28. The Kier molecular flexibility index (Phi) is 5.01. The normalized spacial score (nSPS) is 15.9. The Bertz CT molecular complexity index is 384. The second kappa shape index (κ2) is 6.75. The summed E-state index contributed by atoms with van der Waals surface area (Å²) < 4.78 is 10.9. The lowest BCUT2D eigenvalue weighted by molar-refractivity contribution is 0.0658. The van der Waals surface area contributed by atoms with E-state index in [1.54, 1.807) is 7.11 Å². The van der Waals surface area contributed by atoms with Gasteiger partial charge in [-0.15, -0.1) is 0 Å². The number of rotatable bonds is 6. The van der Waals surface area contributed by atoms with Crippen LogP contribution < -0.4 is 10.1 Å². The molecule has 18 heavy (non-hydrogen) atoms. The minimum absolute atomic E-state index is 0.312. The summed E-state index contributed by atoms with van der Waals surface area (Å²) in [6, 6.07) is 0. The van der Waals surface area contributed by atoms with Crippen molar-refractivity contribution in [1.29, 1.82) is 0 Å². The smallest absolute Gasteiger partial charge is 0.198 e. The van der Waals surface area contributed by atoms with Gasteiger partial charge in [-0.1, -0.05) is 24.4 Å². The van der Waals surface area contributed by atoms with Gasteiger partial charge < -0.3 is 14.8 Å². The number of nitrogens with one attached hydrogen (secondary N) is 1. The van der Waals surface area contributed by atoms with Crippen LogP contribution in [-0.2, 0) is 4.74 Å². The highest BCUT2D eigenvalue weighted by atomic mass is 35.5. The minimum Gasteiger partial charge on any atom is -0.490 e. The van der Waals surface area contributed by atoms with Gasteiger partial charge in [-0.25, -0.2) is 9.97 Å². The summed E-state index contributed by atoms with van der Waals surface area (Å²) in [5.74, 6) is 1.08. The van der Waals surface area contributed by atoms with Crippen LogP contribution in [0.1, 0.15) is 25.7 Å². The topological polar surface area (TPSA) is 56.3 Å². The Hall–Kier alpha value is -1.07. The average Bonchev–Trinajstić information content (AvgIpc) is 2.88. The van der Waals surface area contributed by atoms with Gasteiger partial charge in [-0.2, -0.15) is 0 Å². The zero-order valence-electron chi connectivity index (χ0n) is 10.5. The largest absolute Gasteiger partial charge is 0.490 e. The molecule has 100 valence electrons. The zero-order chi connectivity index (χ0) is 12.8. The first kappa shape index (κ1) is 13.4. The fourth-order valence-electron chi connectivity index (χ4n) is 2.11. The molecule has 1 N–H and O–H groups in total. The molecule has 0 aliphatic heterocycles. The Morgan fingerprint density at radius 1 is 1.39 bits per heavy atom. The number of anilines is 1. The maximum absolute atomic E-state index is 5.90. The van der Waals surface area contributed by atoms with Gasteiger partial charge in [0.2, 0.25) is 0 Å². The van der Waals surface area contributed by atoms with Crippen molar-refractivity contribution in [3.05, 3.63) is 11.5 Å².